The largest absolute Gasteiger partial charge is 0.459 e. The van der Waals surface area contributed by atoms with Crippen molar-refractivity contribution >= 4 is 11.7 Å². The van der Waals surface area contributed by atoms with Crippen molar-refractivity contribution in [1.29, 1.82) is 0 Å². The predicted octanol–water partition coefficient (Wildman–Crippen LogP) is 2.05. The summed E-state index contributed by atoms with van der Waals surface area (Å²) < 4.78 is 37.2. The average Bonchev–Trinajstić information content (AvgIpc) is 3.06. The average molecular weight is 749 g/mol. The van der Waals surface area contributed by atoms with Crippen LogP contribution in [0.1, 0.15) is 94.9 Å². The molecular formula is C37H68N2O13. The highest BCUT2D eigenvalue weighted by atomic mass is 16.7. The van der Waals surface area contributed by atoms with E-state index in [-0.39, 0.29) is 37.1 Å². The van der Waals surface area contributed by atoms with Gasteiger partial charge in [-0.15, -0.1) is 0 Å². The Morgan fingerprint density at radius 1 is 0.923 bits per heavy atom. The van der Waals surface area contributed by atoms with Crippen molar-refractivity contribution in [2.45, 2.75) is 179 Å². The van der Waals surface area contributed by atoms with E-state index in [0.29, 0.717) is 6.42 Å². The van der Waals surface area contributed by atoms with Crippen LogP contribution in [0.25, 0.3) is 0 Å². The number of oxime groups is 1. The van der Waals surface area contributed by atoms with Gasteiger partial charge in [0, 0.05) is 37.3 Å². The second kappa shape index (κ2) is 17.5. The van der Waals surface area contributed by atoms with Crippen LogP contribution < -0.4 is 0 Å². The number of esters is 1. The molecule has 0 bridgehead atoms. The Balaban J connectivity index is 2.21. The molecule has 0 aromatic rings. The van der Waals surface area contributed by atoms with E-state index in [1.165, 1.54) is 14.0 Å². The van der Waals surface area contributed by atoms with Gasteiger partial charge in [0.1, 0.15) is 23.9 Å². The summed E-state index contributed by atoms with van der Waals surface area (Å²) in [5, 5.41) is 71.8. The molecule has 3 aliphatic heterocycles. The maximum atomic E-state index is 14.1. The Bertz CT molecular complexity index is 1200. The van der Waals surface area contributed by atoms with Crippen molar-refractivity contribution < 1.29 is 64.0 Å². The van der Waals surface area contributed by atoms with Crippen LogP contribution in [-0.2, 0) is 33.2 Å². The highest BCUT2D eigenvalue weighted by Gasteiger charge is 2.53. The summed E-state index contributed by atoms with van der Waals surface area (Å²) in [6, 6.07) is -0.322. The third kappa shape index (κ3) is 9.47. The van der Waals surface area contributed by atoms with Crippen LogP contribution in [0.4, 0.5) is 0 Å². The summed E-state index contributed by atoms with van der Waals surface area (Å²) >= 11 is 0. The third-order valence-corrected chi connectivity index (χ3v) is 12.0. The van der Waals surface area contributed by atoms with Crippen molar-refractivity contribution in [3.8, 4) is 0 Å². The number of carbonyl (C=O) groups is 1. The van der Waals surface area contributed by atoms with Gasteiger partial charge in [0.25, 0.3) is 0 Å². The van der Waals surface area contributed by atoms with Crippen LogP contribution in [0, 0.1) is 23.7 Å². The normalized spacial score (nSPS) is 49.8. The van der Waals surface area contributed by atoms with Gasteiger partial charge in [-0.1, -0.05) is 32.9 Å². The molecule has 3 rings (SSSR count). The van der Waals surface area contributed by atoms with Gasteiger partial charge >= 0.3 is 5.97 Å². The number of methoxy groups -OCH3 is 1. The Hall–Kier alpha value is -1.50. The van der Waals surface area contributed by atoms with Gasteiger partial charge in [0.2, 0.25) is 0 Å². The number of nitrogens with zero attached hydrogens (tertiary/aromatic N) is 2. The number of carbonyl (C=O) groups excluding carboxylic acids is 1. The van der Waals surface area contributed by atoms with E-state index >= 15 is 0 Å². The van der Waals surface area contributed by atoms with E-state index < -0.39 is 102 Å². The molecular weight excluding hydrogens is 680 g/mol. The van der Waals surface area contributed by atoms with Gasteiger partial charge in [-0.2, -0.15) is 0 Å². The zero-order valence-electron chi connectivity index (χ0n) is 33.4. The van der Waals surface area contributed by atoms with E-state index in [9.17, 15) is 35.5 Å². The number of cyclic esters (lactones) is 1. The molecule has 3 heterocycles. The molecule has 0 aliphatic carbocycles. The van der Waals surface area contributed by atoms with E-state index in [0.717, 1.165) is 0 Å². The zero-order chi connectivity index (χ0) is 39.7. The summed E-state index contributed by atoms with van der Waals surface area (Å²) in [6.07, 6.45) is -9.51. The molecule has 4 unspecified atom stereocenters. The molecule has 15 nitrogen and oxygen atoms in total. The lowest BCUT2D eigenvalue weighted by Crippen LogP contribution is -2.61. The van der Waals surface area contributed by atoms with Crippen molar-refractivity contribution in [1.82, 2.24) is 4.90 Å². The second-order valence-electron chi connectivity index (χ2n) is 16.6. The third-order valence-electron chi connectivity index (χ3n) is 12.0. The van der Waals surface area contributed by atoms with Crippen molar-refractivity contribution in [3.05, 3.63) is 0 Å². The summed E-state index contributed by atoms with van der Waals surface area (Å²) in [7, 11) is 5.19. The molecule has 3 fully saturated rings. The minimum Gasteiger partial charge on any atom is -0.459 e. The summed E-state index contributed by atoms with van der Waals surface area (Å²) in [5.41, 5.74) is -4.68. The van der Waals surface area contributed by atoms with Crippen LogP contribution in [-0.4, -0.2) is 153 Å². The highest BCUT2D eigenvalue weighted by molar-refractivity contribution is 5.88. The second-order valence-corrected chi connectivity index (χ2v) is 16.6. The maximum Gasteiger partial charge on any atom is 0.311 e. The first-order valence-electron chi connectivity index (χ1n) is 18.7. The number of aliphatic hydroxyl groups is 5. The number of rotatable bonds is 7. The van der Waals surface area contributed by atoms with Crippen LogP contribution in [0.2, 0.25) is 0 Å². The standard InChI is InChI=1S/C37H68N2O13/c1-14-25-37(10,45)30(41)20(4)27(38-46)18(2)16-35(8,44)32(52-34-28(40)24(39(11)12)15-19(3)48-34)21(5)29(22(6)33(43)50-25)51-26-17-36(9,47-13)31(42)23(7)49-26/h18-26,28-32,34,40-42,44-46H,14-17H2,1-13H3/b38-27-/t18-,19+,20?,21+,22+,23+,24-,25+,26?,28+,29+,30+,31+,32-,34?,35?,36-,37-/m0/s1. The van der Waals surface area contributed by atoms with Crippen molar-refractivity contribution in [3.63, 3.8) is 0 Å². The van der Waals surface area contributed by atoms with E-state index in [2.05, 4.69) is 5.16 Å². The molecule has 0 amide bonds. The van der Waals surface area contributed by atoms with Crippen LogP contribution in [0.3, 0.4) is 0 Å². The fourth-order valence-corrected chi connectivity index (χ4v) is 8.61. The topological polar surface area (TPSA) is 209 Å². The minimum absolute atomic E-state index is 0.0657. The summed E-state index contributed by atoms with van der Waals surface area (Å²) in [5.74, 6) is -4.24. The molecule has 3 saturated heterocycles. The molecule has 0 radical (unpaired) electrons. The molecule has 0 spiro atoms. The molecule has 0 aromatic carbocycles. The molecule has 3 aliphatic rings. The first-order valence-corrected chi connectivity index (χ1v) is 18.7. The molecule has 18 atom stereocenters. The van der Waals surface area contributed by atoms with E-state index in [1.54, 1.807) is 55.4 Å². The Kier molecular flexibility index (Phi) is 15.1. The molecule has 0 saturated carbocycles. The monoisotopic (exact) mass is 748 g/mol. The van der Waals surface area contributed by atoms with Gasteiger partial charge in [0.05, 0.1) is 53.4 Å². The summed E-state index contributed by atoms with van der Waals surface area (Å²) in [6.45, 7) is 16.6. The van der Waals surface area contributed by atoms with Gasteiger partial charge in [0.15, 0.2) is 12.6 Å². The quantitative estimate of drug-likeness (QED) is 0.125. The predicted molar refractivity (Wildman–Crippen MR) is 190 cm³/mol. The van der Waals surface area contributed by atoms with Crippen LogP contribution >= 0.6 is 0 Å². The lowest BCUT2D eigenvalue weighted by atomic mass is 9.73. The zero-order valence-corrected chi connectivity index (χ0v) is 33.4. The highest BCUT2D eigenvalue weighted by Crippen LogP contribution is 2.41. The van der Waals surface area contributed by atoms with Gasteiger partial charge in [-0.3, -0.25) is 4.79 Å². The van der Waals surface area contributed by atoms with E-state index in [1.807, 2.05) is 25.9 Å². The Labute approximate surface area is 309 Å². The minimum atomic E-state index is -1.97. The number of likely N-dealkylation sites (N-methyl/N-ethyl adjacent to an activating group) is 1. The van der Waals surface area contributed by atoms with Crippen LogP contribution in [0.5, 0.6) is 0 Å². The lowest BCUT2D eigenvalue weighted by Gasteiger charge is -2.49. The number of aliphatic hydroxyl groups excluding tert-OH is 3. The lowest BCUT2D eigenvalue weighted by molar-refractivity contribution is -0.317. The molecule has 304 valence electrons. The maximum absolute atomic E-state index is 14.1. The first kappa shape index (κ1) is 44.9. The van der Waals surface area contributed by atoms with Gasteiger partial charge in [-0.25, -0.2) is 0 Å². The van der Waals surface area contributed by atoms with Crippen LogP contribution in [0.15, 0.2) is 5.16 Å². The Morgan fingerprint density at radius 3 is 2.08 bits per heavy atom. The Morgan fingerprint density at radius 2 is 1.54 bits per heavy atom. The van der Waals surface area contributed by atoms with E-state index in [4.69, 9.17) is 28.4 Å². The number of hydrogen-bond donors (Lipinski definition) is 6. The molecule has 52 heavy (non-hydrogen) atoms. The molecule has 6 N–H and O–H groups in total. The molecule has 0 aromatic heterocycles. The first-order chi connectivity index (χ1) is 24.0. The van der Waals surface area contributed by atoms with Gasteiger partial charge in [-0.05, 0) is 74.9 Å². The smallest absolute Gasteiger partial charge is 0.311 e. The fourth-order valence-electron chi connectivity index (χ4n) is 8.61. The number of hydrogen-bond acceptors (Lipinski definition) is 15. The number of ether oxygens (including phenoxy) is 6. The van der Waals surface area contributed by atoms with Gasteiger partial charge < -0.3 is 64.1 Å². The SMILES string of the molecule is CC[C@H]1OC(=O)[C@H](C)[C@H](OC2C[C@](C)(OC)[C@H](O)[C@@H](C)O2)[C@@H](C)[C@H](OC2O[C@H](C)C[C@H](N(C)C)[C@H]2O)C(C)(O)C[C@H](C)/C(=N/O)C(C)[C@@H](O)[C@@]1(C)O. The van der Waals surface area contributed by atoms with Crippen molar-refractivity contribution in [2.75, 3.05) is 21.2 Å². The fraction of sp³-hybridized carbons (Fsp3) is 0.946. The van der Waals surface area contributed by atoms with Crippen molar-refractivity contribution in [2.24, 2.45) is 28.8 Å². The molecule has 15 heteroatoms. The summed E-state index contributed by atoms with van der Waals surface area (Å²) in [4.78, 5) is 16.0.